The number of unbranched alkanes of at least 4 members (excludes halogenated alkanes) is 1. The van der Waals surface area contributed by atoms with E-state index >= 15 is 0 Å². The number of hydrogen-bond donors (Lipinski definition) is 1. The molecule has 0 aliphatic rings. The number of hydrogen-bond acceptors (Lipinski definition) is 5. The Bertz CT molecular complexity index is 487. The van der Waals surface area contributed by atoms with Crippen molar-refractivity contribution in [1.29, 1.82) is 0 Å². The average Bonchev–Trinajstić information content (AvgIpc) is 2.61. The van der Waals surface area contributed by atoms with Crippen molar-refractivity contribution in [2.24, 2.45) is 0 Å². The number of aromatic nitrogens is 4. The molecule has 2 rings (SSSR count). The summed E-state index contributed by atoms with van der Waals surface area (Å²) in [7, 11) is 0. The molecule has 0 spiro atoms. The van der Waals surface area contributed by atoms with Crippen LogP contribution in [-0.4, -0.2) is 20.3 Å². The van der Waals surface area contributed by atoms with Crippen molar-refractivity contribution in [3.05, 3.63) is 16.0 Å². The van der Waals surface area contributed by atoms with E-state index in [1.165, 1.54) is 0 Å². The maximum Gasteiger partial charge on any atom is 0.271 e. The third-order valence-corrected chi connectivity index (χ3v) is 1.97. The molecule has 0 atom stereocenters. The molecule has 0 aromatic carbocycles. The number of aromatic amines is 1. The minimum Gasteiger partial charge on any atom is -0.299 e. The van der Waals surface area contributed by atoms with Crippen LogP contribution in [0.4, 0.5) is 0 Å². The van der Waals surface area contributed by atoms with E-state index in [4.69, 9.17) is 0 Å². The third-order valence-electron chi connectivity index (χ3n) is 1.97. The molecule has 6 heteroatoms. The average molecular weight is 194 g/mol. The first-order valence-corrected chi connectivity index (χ1v) is 4.52. The first kappa shape index (κ1) is 8.86. The molecular weight excluding hydrogens is 184 g/mol. The lowest BCUT2D eigenvalue weighted by Crippen LogP contribution is -2.15. The summed E-state index contributed by atoms with van der Waals surface area (Å²) in [6.45, 7) is 2.06. The van der Waals surface area contributed by atoms with Gasteiger partial charge in [0.1, 0.15) is 5.69 Å². The fourth-order valence-electron chi connectivity index (χ4n) is 1.21. The second-order valence-corrected chi connectivity index (χ2v) is 3.05. The highest BCUT2D eigenvalue weighted by Crippen LogP contribution is 2.02. The lowest BCUT2D eigenvalue weighted by molar-refractivity contribution is 0.314. The molecule has 0 aliphatic carbocycles. The van der Waals surface area contributed by atoms with E-state index in [0.29, 0.717) is 23.4 Å². The molecule has 0 radical (unpaired) electrons. The quantitative estimate of drug-likeness (QED) is 0.775. The Balaban J connectivity index is 2.43. The lowest BCUT2D eigenvalue weighted by Gasteiger charge is -1.95. The van der Waals surface area contributed by atoms with Crippen LogP contribution in [0.3, 0.4) is 0 Å². The Morgan fingerprint density at radius 1 is 1.43 bits per heavy atom. The van der Waals surface area contributed by atoms with Gasteiger partial charge in [-0.25, -0.2) is 9.61 Å². The molecule has 14 heavy (non-hydrogen) atoms. The summed E-state index contributed by atoms with van der Waals surface area (Å²) in [6.07, 6.45) is 2.62. The number of nitrogens with zero attached hydrogens (tertiary/aromatic N) is 3. The zero-order valence-corrected chi connectivity index (χ0v) is 7.78. The fraction of sp³-hybridized carbons (Fsp3) is 0.500. The van der Waals surface area contributed by atoms with Gasteiger partial charge in [0.25, 0.3) is 5.56 Å². The van der Waals surface area contributed by atoms with Crippen molar-refractivity contribution in [3.63, 3.8) is 0 Å². The van der Waals surface area contributed by atoms with Gasteiger partial charge in [-0.2, -0.15) is 0 Å². The maximum absolute atomic E-state index is 11.4. The van der Waals surface area contributed by atoms with Gasteiger partial charge in [-0.15, -0.1) is 0 Å². The van der Waals surface area contributed by atoms with Gasteiger partial charge in [0.05, 0.1) is 0 Å². The van der Waals surface area contributed by atoms with Gasteiger partial charge in [0.15, 0.2) is 0 Å². The molecule has 0 saturated carbocycles. The predicted molar refractivity (Wildman–Crippen MR) is 48.8 cm³/mol. The Morgan fingerprint density at radius 2 is 2.29 bits per heavy atom. The molecule has 0 fully saturated rings. The summed E-state index contributed by atoms with van der Waals surface area (Å²) in [4.78, 5) is 18.0. The van der Waals surface area contributed by atoms with Crippen LogP contribution in [0.2, 0.25) is 0 Å². The molecule has 0 bridgehead atoms. The number of fused-ring (bicyclic) bond motifs is 1. The normalized spacial score (nSPS) is 10.9. The zero-order chi connectivity index (χ0) is 9.97. The highest BCUT2D eigenvalue weighted by atomic mass is 16.6. The third kappa shape index (κ3) is 1.50. The van der Waals surface area contributed by atoms with Gasteiger partial charge in [-0.3, -0.25) is 9.78 Å². The second-order valence-electron chi connectivity index (χ2n) is 3.05. The first-order valence-electron chi connectivity index (χ1n) is 4.52. The van der Waals surface area contributed by atoms with Crippen LogP contribution < -0.4 is 5.56 Å². The van der Waals surface area contributed by atoms with Crippen LogP contribution in [-0.2, 0) is 6.42 Å². The van der Waals surface area contributed by atoms with Gasteiger partial charge in [-0.05, 0) is 23.2 Å². The molecule has 2 aromatic rings. The molecule has 2 aromatic heterocycles. The molecule has 2 heterocycles. The number of nitrogens with one attached hydrogen (secondary N) is 1. The highest BCUT2D eigenvalue weighted by Gasteiger charge is 2.07. The largest absolute Gasteiger partial charge is 0.299 e. The second kappa shape index (κ2) is 3.57. The van der Waals surface area contributed by atoms with E-state index in [1.54, 1.807) is 0 Å². The standard InChI is InChI=1S/C8H10N4O2/c1-2-3-4-5-8(13)10-7-6(9-5)11-14-12-7/h2-4H2,1H3,(H,10,12,13). The molecule has 0 amide bonds. The Morgan fingerprint density at radius 3 is 3.07 bits per heavy atom. The van der Waals surface area contributed by atoms with Crippen LogP contribution in [0.1, 0.15) is 25.5 Å². The molecule has 0 saturated heterocycles. The molecular formula is C8H10N4O2. The lowest BCUT2D eigenvalue weighted by atomic mass is 10.2. The van der Waals surface area contributed by atoms with Crippen molar-refractivity contribution < 1.29 is 4.63 Å². The van der Waals surface area contributed by atoms with E-state index in [1.807, 2.05) is 0 Å². The molecule has 0 aliphatic heterocycles. The Hall–Kier alpha value is -1.72. The van der Waals surface area contributed by atoms with Crippen LogP contribution in [0.5, 0.6) is 0 Å². The van der Waals surface area contributed by atoms with Gasteiger partial charge in [0, 0.05) is 0 Å². The van der Waals surface area contributed by atoms with E-state index in [2.05, 4.69) is 31.8 Å². The van der Waals surface area contributed by atoms with Gasteiger partial charge < -0.3 is 0 Å². The molecule has 74 valence electrons. The van der Waals surface area contributed by atoms with Gasteiger partial charge in [0.2, 0.25) is 11.3 Å². The monoisotopic (exact) mass is 194 g/mol. The summed E-state index contributed by atoms with van der Waals surface area (Å²) < 4.78 is 4.45. The van der Waals surface area contributed by atoms with Gasteiger partial charge in [-0.1, -0.05) is 13.3 Å². The molecule has 6 nitrogen and oxygen atoms in total. The van der Waals surface area contributed by atoms with E-state index in [-0.39, 0.29) is 5.56 Å². The first-order chi connectivity index (χ1) is 6.81. The van der Waals surface area contributed by atoms with Crippen LogP contribution >= 0.6 is 0 Å². The predicted octanol–water partition coefficient (Wildman–Crippen LogP) is 0.649. The Labute approximate surface area is 79.3 Å². The molecule has 0 unspecified atom stereocenters. The van der Waals surface area contributed by atoms with Crippen LogP contribution in [0, 0.1) is 0 Å². The highest BCUT2D eigenvalue weighted by molar-refractivity contribution is 5.61. The summed E-state index contributed by atoms with van der Waals surface area (Å²) in [6, 6.07) is 0. The summed E-state index contributed by atoms with van der Waals surface area (Å²) in [5, 5.41) is 7.06. The van der Waals surface area contributed by atoms with Crippen LogP contribution in [0.15, 0.2) is 9.42 Å². The summed E-state index contributed by atoms with van der Waals surface area (Å²) in [5.74, 6) is 0. The zero-order valence-electron chi connectivity index (χ0n) is 7.78. The summed E-state index contributed by atoms with van der Waals surface area (Å²) in [5.41, 5.74) is 0.947. The number of rotatable bonds is 3. The van der Waals surface area contributed by atoms with Crippen molar-refractivity contribution in [2.75, 3.05) is 0 Å². The maximum atomic E-state index is 11.4. The SMILES string of the molecule is CCCCc1nc2nonc2[nH]c1=O. The van der Waals surface area contributed by atoms with E-state index in [9.17, 15) is 4.79 Å². The minimum absolute atomic E-state index is 0.207. The molecule has 1 N–H and O–H groups in total. The summed E-state index contributed by atoms with van der Waals surface area (Å²) >= 11 is 0. The van der Waals surface area contributed by atoms with Crippen molar-refractivity contribution in [1.82, 2.24) is 20.3 Å². The smallest absolute Gasteiger partial charge is 0.271 e. The number of H-pyrrole nitrogens is 1. The van der Waals surface area contributed by atoms with Crippen LogP contribution in [0.25, 0.3) is 11.3 Å². The Kier molecular flexibility index (Phi) is 2.26. The van der Waals surface area contributed by atoms with Gasteiger partial charge >= 0.3 is 0 Å². The van der Waals surface area contributed by atoms with E-state index < -0.39 is 0 Å². The van der Waals surface area contributed by atoms with Crippen molar-refractivity contribution >= 4 is 11.3 Å². The fourth-order valence-corrected chi connectivity index (χ4v) is 1.21. The van der Waals surface area contributed by atoms with E-state index in [0.717, 1.165) is 12.8 Å². The minimum atomic E-state index is -0.207. The van der Waals surface area contributed by atoms with Crippen molar-refractivity contribution in [3.8, 4) is 0 Å². The topological polar surface area (TPSA) is 84.7 Å². The number of aryl methyl sites for hydroxylation is 1. The van der Waals surface area contributed by atoms with Crippen molar-refractivity contribution in [2.45, 2.75) is 26.2 Å².